The summed E-state index contributed by atoms with van der Waals surface area (Å²) in [6.07, 6.45) is 4.08. The zero-order chi connectivity index (χ0) is 39.1. The van der Waals surface area contributed by atoms with Crippen molar-refractivity contribution < 1.29 is 9.84 Å². The predicted molar refractivity (Wildman–Crippen MR) is 224 cm³/mol. The fourth-order valence-electron chi connectivity index (χ4n) is 9.16. The van der Waals surface area contributed by atoms with Crippen molar-refractivity contribution in [3.63, 3.8) is 0 Å². The molecule has 0 atom stereocenters. The molecular formula is C47H57BN4O2. The van der Waals surface area contributed by atoms with E-state index in [4.69, 9.17) is 24.7 Å². The quantitative estimate of drug-likeness (QED) is 0.153. The van der Waals surface area contributed by atoms with Crippen molar-refractivity contribution in [1.29, 1.82) is 0 Å². The number of nitrogens with zero attached hydrogens (tertiary/aromatic N) is 4. The molecule has 0 fully saturated rings. The Balaban J connectivity index is 1.22. The number of rotatable bonds is 9. The second kappa shape index (κ2) is 12.9. The lowest BCUT2D eigenvalue weighted by atomic mass is 9.71. The molecule has 1 N–H and O–H groups in total. The van der Waals surface area contributed by atoms with E-state index in [0.717, 1.165) is 48.1 Å². The second-order valence-electron chi connectivity index (χ2n) is 19.5. The summed E-state index contributed by atoms with van der Waals surface area (Å²) in [6, 6.07) is 26.1. The Morgan fingerprint density at radius 1 is 0.574 bits per heavy atom. The summed E-state index contributed by atoms with van der Waals surface area (Å²) in [5.41, 5.74) is 10.3. The van der Waals surface area contributed by atoms with Gasteiger partial charge in [0, 0.05) is 35.0 Å². The number of aromatic nitrogens is 4. The van der Waals surface area contributed by atoms with Crippen LogP contribution in [0.25, 0.3) is 45.4 Å². The fourth-order valence-corrected chi connectivity index (χ4v) is 9.16. The molecule has 5 aromatic rings. The SMILES string of the molecule is CC1(C)CC(C)(C)c2cc(-c3nc(-c4ccc(-c5ccc(BCOC(C)(C)C(C)(C)O)cc5)nc4)nc(-c4ccc5c(c4)C(C)(C)CC5(C)C)n3)ccc21. The molecule has 0 saturated heterocycles. The van der Waals surface area contributed by atoms with Crippen molar-refractivity contribution in [3.05, 3.63) is 101 Å². The third-order valence-corrected chi connectivity index (χ3v) is 12.5. The molecule has 0 unspecified atom stereocenters. The van der Waals surface area contributed by atoms with E-state index >= 15 is 0 Å². The third kappa shape index (κ3) is 7.06. The van der Waals surface area contributed by atoms with Gasteiger partial charge in [-0.2, -0.15) is 0 Å². The number of ether oxygens (including phenoxy) is 1. The zero-order valence-corrected chi connectivity index (χ0v) is 34.5. The number of fused-ring (bicyclic) bond motifs is 2. The van der Waals surface area contributed by atoms with Gasteiger partial charge in [0.25, 0.3) is 0 Å². The lowest BCUT2D eigenvalue weighted by molar-refractivity contribution is -0.135. The highest BCUT2D eigenvalue weighted by Gasteiger charge is 2.43. The van der Waals surface area contributed by atoms with E-state index in [1.807, 2.05) is 26.1 Å². The molecule has 0 aliphatic heterocycles. The first-order chi connectivity index (χ1) is 25.1. The minimum absolute atomic E-state index is 0.0612. The molecule has 2 heterocycles. The Morgan fingerprint density at radius 3 is 1.44 bits per heavy atom. The van der Waals surface area contributed by atoms with Crippen LogP contribution < -0.4 is 5.46 Å². The van der Waals surface area contributed by atoms with E-state index in [-0.39, 0.29) is 21.7 Å². The molecule has 0 spiro atoms. The zero-order valence-electron chi connectivity index (χ0n) is 34.5. The van der Waals surface area contributed by atoms with Crippen molar-refractivity contribution in [2.75, 3.05) is 6.51 Å². The molecule has 2 aromatic heterocycles. The molecule has 54 heavy (non-hydrogen) atoms. The Labute approximate surface area is 323 Å². The molecule has 0 radical (unpaired) electrons. The summed E-state index contributed by atoms with van der Waals surface area (Å²) in [4.78, 5) is 20.3. The van der Waals surface area contributed by atoms with Crippen LogP contribution in [0.15, 0.2) is 79.0 Å². The molecule has 2 aliphatic rings. The van der Waals surface area contributed by atoms with Crippen LogP contribution >= 0.6 is 0 Å². The molecule has 0 saturated carbocycles. The van der Waals surface area contributed by atoms with Gasteiger partial charge in [0.05, 0.1) is 16.9 Å². The molecule has 0 bridgehead atoms. The average Bonchev–Trinajstić information content (AvgIpc) is 3.41. The molecule has 280 valence electrons. The lowest BCUT2D eigenvalue weighted by Crippen LogP contribution is -2.48. The van der Waals surface area contributed by atoms with Crippen LogP contribution in [0, 0.1) is 0 Å². The summed E-state index contributed by atoms with van der Waals surface area (Å²) in [7, 11) is 0.759. The summed E-state index contributed by atoms with van der Waals surface area (Å²) < 4.78 is 6.04. The summed E-state index contributed by atoms with van der Waals surface area (Å²) in [6.45, 7) is 26.7. The van der Waals surface area contributed by atoms with Gasteiger partial charge in [-0.1, -0.05) is 109 Å². The highest BCUT2D eigenvalue weighted by atomic mass is 16.5. The van der Waals surface area contributed by atoms with Gasteiger partial charge in [0.15, 0.2) is 24.8 Å². The number of benzene rings is 3. The predicted octanol–water partition coefficient (Wildman–Crippen LogP) is 9.44. The molecular weight excluding hydrogens is 663 g/mol. The molecule has 6 nitrogen and oxygen atoms in total. The monoisotopic (exact) mass is 720 g/mol. The molecule has 3 aromatic carbocycles. The van der Waals surface area contributed by atoms with Crippen LogP contribution in [0.5, 0.6) is 0 Å². The van der Waals surface area contributed by atoms with Gasteiger partial charge in [-0.25, -0.2) is 15.0 Å². The van der Waals surface area contributed by atoms with Crippen molar-refractivity contribution in [3.8, 4) is 45.4 Å². The topological polar surface area (TPSA) is 81.0 Å². The maximum Gasteiger partial charge on any atom is 0.188 e. The van der Waals surface area contributed by atoms with Gasteiger partial charge < -0.3 is 9.84 Å². The first-order valence-electron chi connectivity index (χ1n) is 19.6. The second-order valence-corrected chi connectivity index (χ2v) is 19.5. The Kier molecular flexibility index (Phi) is 9.14. The summed E-state index contributed by atoms with van der Waals surface area (Å²) >= 11 is 0. The Morgan fingerprint density at radius 2 is 1.00 bits per heavy atom. The van der Waals surface area contributed by atoms with Crippen LogP contribution in [0.2, 0.25) is 0 Å². The van der Waals surface area contributed by atoms with Crippen molar-refractivity contribution in [2.24, 2.45) is 0 Å². The maximum absolute atomic E-state index is 10.4. The van der Waals surface area contributed by atoms with E-state index < -0.39 is 11.2 Å². The highest BCUT2D eigenvalue weighted by molar-refractivity contribution is 6.53. The minimum atomic E-state index is -0.925. The molecule has 7 rings (SSSR count). The van der Waals surface area contributed by atoms with Gasteiger partial charge in [-0.05, 0) is 109 Å². The first-order valence-corrected chi connectivity index (χ1v) is 19.6. The van der Waals surface area contributed by atoms with E-state index in [2.05, 4.69) is 122 Å². The van der Waals surface area contributed by atoms with Gasteiger partial charge >= 0.3 is 0 Å². The maximum atomic E-state index is 10.4. The van der Waals surface area contributed by atoms with E-state index in [1.54, 1.807) is 13.8 Å². The molecule has 7 heteroatoms. The minimum Gasteiger partial charge on any atom is -0.387 e. The highest BCUT2D eigenvalue weighted by Crippen LogP contribution is 2.51. The van der Waals surface area contributed by atoms with Gasteiger partial charge in [-0.3, -0.25) is 4.98 Å². The smallest absolute Gasteiger partial charge is 0.188 e. The third-order valence-electron chi connectivity index (χ3n) is 12.5. The van der Waals surface area contributed by atoms with Gasteiger partial charge in [0.2, 0.25) is 0 Å². The normalized spacial score (nSPS) is 17.9. The van der Waals surface area contributed by atoms with Crippen LogP contribution in [0.1, 0.15) is 118 Å². The van der Waals surface area contributed by atoms with E-state index in [9.17, 15) is 5.11 Å². The van der Waals surface area contributed by atoms with Crippen LogP contribution in [-0.2, 0) is 26.4 Å². The van der Waals surface area contributed by atoms with Crippen LogP contribution in [0.3, 0.4) is 0 Å². The lowest BCUT2D eigenvalue weighted by Gasteiger charge is -2.37. The van der Waals surface area contributed by atoms with Crippen LogP contribution in [-0.4, -0.2) is 50.0 Å². The van der Waals surface area contributed by atoms with E-state index in [1.165, 1.54) is 27.7 Å². The number of pyridine rings is 1. The summed E-state index contributed by atoms with van der Waals surface area (Å²) in [5, 5.41) is 10.4. The van der Waals surface area contributed by atoms with Crippen molar-refractivity contribution >= 4 is 12.7 Å². The first kappa shape index (κ1) is 38.1. The largest absolute Gasteiger partial charge is 0.387 e. The number of aliphatic hydroxyl groups is 1. The Bertz CT molecular complexity index is 2120. The van der Waals surface area contributed by atoms with Crippen molar-refractivity contribution in [1.82, 2.24) is 19.9 Å². The number of hydrogen-bond acceptors (Lipinski definition) is 6. The van der Waals surface area contributed by atoms with Gasteiger partial charge in [0.1, 0.15) is 0 Å². The van der Waals surface area contributed by atoms with Crippen LogP contribution in [0.4, 0.5) is 0 Å². The molecule has 2 aliphatic carbocycles. The number of hydrogen-bond donors (Lipinski definition) is 1. The summed E-state index contributed by atoms with van der Waals surface area (Å²) in [5.74, 6) is 1.96. The Hall–Kier alpha value is -4.20. The standard InChI is InChI=1S/C47H57BN4O2/c1-42(2)26-44(5,6)36-23-30(15-20-34(36)42)39-50-40(31-16-21-35-37(24-31)45(7,8)27-43(35,3)4)52-41(51-39)32-17-22-38(49-25-32)29-13-18-33(19-14-29)48-28-54-47(11,12)46(9,10)53/h13-25,48,53H,26-28H2,1-12H3. The van der Waals surface area contributed by atoms with Crippen molar-refractivity contribution in [2.45, 2.75) is 129 Å². The average molecular weight is 721 g/mol. The van der Waals surface area contributed by atoms with Gasteiger partial charge in [-0.15, -0.1) is 0 Å². The molecule has 0 amide bonds. The fraction of sp³-hybridized carbons (Fsp3) is 0.447. The van der Waals surface area contributed by atoms with E-state index in [0.29, 0.717) is 24.0 Å².